The van der Waals surface area contributed by atoms with E-state index in [0.29, 0.717) is 25.3 Å². The van der Waals surface area contributed by atoms with Crippen LogP contribution in [0.1, 0.15) is 37.6 Å². The second kappa shape index (κ2) is 8.93. The number of benzene rings is 1. The monoisotopic (exact) mass is 375 g/mol. The number of morpholine rings is 1. The summed E-state index contributed by atoms with van der Waals surface area (Å²) in [5.41, 5.74) is 1.73. The lowest BCUT2D eigenvalue weighted by Crippen LogP contribution is -2.56. The minimum absolute atomic E-state index is 0.119. The number of carbonyl (C=O) groups is 1. The first kappa shape index (κ1) is 20.0. The SMILES string of the molecule is CCC1CN(C(=O)c2ccc(OC)c(N3CCOCC3)c2)CCN1C(C)C. The van der Waals surface area contributed by atoms with Gasteiger partial charge in [-0.15, -0.1) is 0 Å². The third-order valence-corrected chi connectivity index (χ3v) is 5.73. The van der Waals surface area contributed by atoms with Crippen LogP contribution in [-0.4, -0.2) is 80.8 Å². The maximum Gasteiger partial charge on any atom is 0.254 e. The molecule has 0 radical (unpaired) electrons. The predicted octanol–water partition coefficient (Wildman–Crippen LogP) is 2.48. The van der Waals surface area contributed by atoms with Crippen LogP contribution in [0.3, 0.4) is 0 Å². The molecule has 1 aromatic rings. The van der Waals surface area contributed by atoms with Crippen molar-refractivity contribution in [2.75, 3.05) is 57.9 Å². The summed E-state index contributed by atoms with van der Waals surface area (Å²) in [7, 11) is 1.68. The molecule has 2 aliphatic heterocycles. The third-order valence-electron chi connectivity index (χ3n) is 5.73. The van der Waals surface area contributed by atoms with E-state index in [1.165, 1.54) is 0 Å². The molecule has 2 saturated heterocycles. The quantitative estimate of drug-likeness (QED) is 0.791. The van der Waals surface area contributed by atoms with E-state index >= 15 is 0 Å². The Labute approximate surface area is 163 Å². The van der Waals surface area contributed by atoms with Crippen LogP contribution in [0.5, 0.6) is 5.75 Å². The Bertz CT molecular complexity index is 644. The molecule has 6 nitrogen and oxygen atoms in total. The van der Waals surface area contributed by atoms with Gasteiger partial charge in [-0.3, -0.25) is 9.69 Å². The number of nitrogens with zero attached hydrogens (tertiary/aromatic N) is 3. The number of carbonyl (C=O) groups excluding carboxylic acids is 1. The molecule has 0 bridgehead atoms. The number of hydrogen-bond acceptors (Lipinski definition) is 5. The summed E-state index contributed by atoms with van der Waals surface area (Å²) in [5, 5.41) is 0. The summed E-state index contributed by atoms with van der Waals surface area (Å²) >= 11 is 0. The number of amides is 1. The molecule has 6 heteroatoms. The molecule has 1 aromatic carbocycles. The van der Waals surface area contributed by atoms with Crippen molar-refractivity contribution in [1.82, 2.24) is 9.80 Å². The second-order valence-electron chi connectivity index (χ2n) is 7.63. The fourth-order valence-corrected chi connectivity index (χ4v) is 4.15. The fourth-order valence-electron chi connectivity index (χ4n) is 4.15. The van der Waals surface area contributed by atoms with Gasteiger partial charge in [0.25, 0.3) is 5.91 Å². The molecule has 0 N–H and O–H groups in total. The molecule has 2 heterocycles. The Morgan fingerprint density at radius 1 is 1.22 bits per heavy atom. The minimum Gasteiger partial charge on any atom is -0.495 e. The first-order valence-corrected chi connectivity index (χ1v) is 10.1. The second-order valence-corrected chi connectivity index (χ2v) is 7.63. The molecular formula is C21H33N3O3. The first-order valence-electron chi connectivity index (χ1n) is 10.1. The summed E-state index contributed by atoms with van der Waals surface area (Å²) in [6.45, 7) is 12.2. The summed E-state index contributed by atoms with van der Waals surface area (Å²) in [4.78, 5) is 20.0. The maximum absolute atomic E-state index is 13.2. The van der Waals surface area contributed by atoms with E-state index in [-0.39, 0.29) is 5.91 Å². The lowest BCUT2D eigenvalue weighted by molar-refractivity contribution is 0.0371. The van der Waals surface area contributed by atoms with Crippen molar-refractivity contribution in [2.45, 2.75) is 39.3 Å². The Kier molecular flexibility index (Phi) is 6.60. The molecular weight excluding hydrogens is 342 g/mol. The van der Waals surface area contributed by atoms with Crippen molar-refractivity contribution in [2.24, 2.45) is 0 Å². The number of hydrogen-bond donors (Lipinski definition) is 0. The van der Waals surface area contributed by atoms with Crippen molar-refractivity contribution >= 4 is 11.6 Å². The summed E-state index contributed by atoms with van der Waals surface area (Å²) in [6, 6.07) is 6.74. The number of piperazine rings is 1. The van der Waals surface area contributed by atoms with E-state index in [9.17, 15) is 4.79 Å². The first-order chi connectivity index (χ1) is 13.0. The van der Waals surface area contributed by atoms with Crippen LogP contribution in [-0.2, 0) is 4.74 Å². The molecule has 1 amide bonds. The van der Waals surface area contributed by atoms with Crippen LogP contribution in [0.4, 0.5) is 5.69 Å². The van der Waals surface area contributed by atoms with E-state index in [2.05, 4.69) is 30.6 Å². The molecule has 150 valence electrons. The van der Waals surface area contributed by atoms with Crippen molar-refractivity contribution < 1.29 is 14.3 Å². The van der Waals surface area contributed by atoms with E-state index in [1.807, 2.05) is 23.1 Å². The van der Waals surface area contributed by atoms with E-state index < -0.39 is 0 Å². The van der Waals surface area contributed by atoms with Gasteiger partial charge in [0.05, 0.1) is 26.0 Å². The highest BCUT2D eigenvalue weighted by atomic mass is 16.5. The number of anilines is 1. The van der Waals surface area contributed by atoms with E-state index in [1.54, 1.807) is 7.11 Å². The van der Waals surface area contributed by atoms with E-state index in [4.69, 9.17) is 9.47 Å². The van der Waals surface area contributed by atoms with Gasteiger partial charge >= 0.3 is 0 Å². The molecule has 0 aliphatic carbocycles. The normalized spacial score (nSPS) is 21.6. The van der Waals surface area contributed by atoms with Gasteiger partial charge in [0.15, 0.2) is 0 Å². The lowest BCUT2D eigenvalue weighted by atomic mass is 10.1. The van der Waals surface area contributed by atoms with Crippen LogP contribution < -0.4 is 9.64 Å². The lowest BCUT2D eigenvalue weighted by Gasteiger charge is -2.43. The number of ether oxygens (including phenoxy) is 2. The summed E-state index contributed by atoms with van der Waals surface area (Å²) in [6.07, 6.45) is 1.06. The molecule has 27 heavy (non-hydrogen) atoms. The van der Waals surface area contributed by atoms with Crippen molar-refractivity contribution in [3.05, 3.63) is 23.8 Å². The van der Waals surface area contributed by atoms with Crippen molar-refractivity contribution in [3.63, 3.8) is 0 Å². The highest BCUT2D eigenvalue weighted by Gasteiger charge is 2.30. The standard InChI is InChI=1S/C21H33N3O3/c1-5-18-15-23(8-9-24(18)16(2)3)21(25)17-6-7-20(26-4)19(14-17)22-10-12-27-13-11-22/h6-7,14,16,18H,5,8-13,15H2,1-4H3. The number of methoxy groups -OCH3 is 1. The van der Waals surface area contributed by atoms with Crippen LogP contribution in [0.25, 0.3) is 0 Å². The maximum atomic E-state index is 13.2. The summed E-state index contributed by atoms with van der Waals surface area (Å²) < 4.78 is 11.0. The predicted molar refractivity (Wildman–Crippen MR) is 108 cm³/mol. The van der Waals surface area contributed by atoms with Crippen molar-refractivity contribution in [3.8, 4) is 5.75 Å². The highest BCUT2D eigenvalue weighted by molar-refractivity contribution is 5.95. The Hall–Kier alpha value is -1.79. The molecule has 0 spiro atoms. The molecule has 0 saturated carbocycles. The van der Waals surface area contributed by atoms with Gasteiger partial charge in [0.2, 0.25) is 0 Å². The van der Waals surface area contributed by atoms with Gasteiger partial charge in [0, 0.05) is 50.4 Å². The van der Waals surface area contributed by atoms with Gasteiger partial charge in [-0.05, 0) is 38.5 Å². The average Bonchev–Trinajstić information content (AvgIpc) is 2.72. The zero-order valence-electron chi connectivity index (χ0n) is 17.1. The van der Waals surface area contributed by atoms with Gasteiger partial charge < -0.3 is 19.3 Å². The third kappa shape index (κ3) is 4.38. The van der Waals surface area contributed by atoms with Crippen LogP contribution in [0, 0.1) is 0 Å². The average molecular weight is 376 g/mol. The smallest absolute Gasteiger partial charge is 0.254 e. The zero-order valence-corrected chi connectivity index (χ0v) is 17.1. The van der Waals surface area contributed by atoms with Gasteiger partial charge in [-0.25, -0.2) is 0 Å². The Morgan fingerprint density at radius 2 is 1.96 bits per heavy atom. The summed E-state index contributed by atoms with van der Waals surface area (Å²) in [5.74, 6) is 0.929. The Balaban J connectivity index is 1.78. The Morgan fingerprint density at radius 3 is 2.59 bits per heavy atom. The molecule has 0 aromatic heterocycles. The topological polar surface area (TPSA) is 45.3 Å². The van der Waals surface area contributed by atoms with Gasteiger partial charge in [-0.1, -0.05) is 6.92 Å². The van der Waals surface area contributed by atoms with Crippen LogP contribution >= 0.6 is 0 Å². The van der Waals surface area contributed by atoms with Gasteiger partial charge in [0.1, 0.15) is 5.75 Å². The minimum atomic E-state index is 0.119. The highest BCUT2D eigenvalue weighted by Crippen LogP contribution is 2.31. The fraction of sp³-hybridized carbons (Fsp3) is 0.667. The molecule has 2 aliphatic rings. The van der Waals surface area contributed by atoms with E-state index in [0.717, 1.165) is 56.1 Å². The number of rotatable bonds is 5. The van der Waals surface area contributed by atoms with Crippen LogP contribution in [0.15, 0.2) is 18.2 Å². The largest absolute Gasteiger partial charge is 0.495 e. The molecule has 3 rings (SSSR count). The van der Waals surface area contributed by atoms with Crippen LogP contribution in [0.2, 0.25) is 0 Å². The molecule has 2 fully saturated rings. The van der Waals surface area contributed by atoms with Crippen molar-refractivity contribution in [1.29, 1.82) is 0 Å². The van der Waals surface area contributed by atoms with Gasteiger partial charge in [-0.2, -0.15) is 0 Å². The molecule has 1 unspecified atom stereocenters. The zero-order chi connectivity index (χ0) is 19.4. The molecule has 1 atom stereocenters.